The van der Waals surface area contributed by atoms with Crippen LogP contribution in [0.25, 0.3) is 0 Å². The zero-order valence-electron chi connectivity index (χ0n) is 14.5. The first-order valence-electron chi connectivity index (χ1n) is 9.01. The highest BCUT2D eigenvalue weighted by Gasteiger charge is 2.42. The first kappa shape index (κ1) is 17.2. The molecule has 24 heavy (non-hydrogen) atoms. The summed E-state index contributed by atoms with van der Waals surface area (Å²) >= 11 is 0. The minimum Gasteiger partial charge on any atom is -0.497 e. The van der Waals surface area contributed by atoms with Gasteiger partial charge in [0.25, 0.3) is 5.91 Å². The van der Waals surface area contributed by atoms with Gasteiger partial charge in [0, 0.05) is 6.54 Å². The van der Waals surface area contributed by atoms with Gasteiger partial charge in [-0.15, -0.1) is 0 Å². The number of methoxy groups -OCH3 is 1. The maximum Gasteiger partial charge on any atom is 0.252 e. The summed E-state index contributed by atoms with van der Waals surface area (Å²) in [5.41, 5.74) is 0.0467. The number of carbonyl (C=O) groups is 1. The molecule has 2 fully saturated rings. The van der Waals surface area contributed by atoms with Crippen LogP contribution in [-0.4, -0.2) is 48.3 Å². The number of aliphatic hydroxyl groups is 1. The third kappa shape index (κ3) is 3.73. The van der Waals surface area contributed by atoms with Gasteiger partial charge in [0.1, 0.15) is 11.4 Å². The quantitative estimate of drug-likeness (QED) is 0.839. The molecule has 1 saturated carbocycles. The highest BCUT2D eigenvalue weighted by atomic mass is 16.5. The molecule has 1 amide bonds. The number of hydrogen-bond acceptors (Lipinski definition) is 4. The lowest BCUT2D eigenvalue weighted by molar-refractivity contribution is -0.148. The lowest BCUT2D eigenvalue weighted by Crippen LogP contribution is -2.53. The lowest BCUT2D eigenvalue weighted by atomic mass is 9.79. The van der Waals surface area contributed by atoms with Crippen LogP contribution < -0.4 is 10.1 Å². The Morgan fingerprint density at radius 2 is 1.88 bits per heavy atom. The van der Waals surface area contributed by atoms with Gasteiger partial charge < -0.3 is 15.2 Å². The van der Waals surface area contributed by atoms with Crippen LogP contribution in [0, 0.1) is 0 Å². The zero-order valence-corrected chi connectivity index (χ0v) is 14.5. The molecule has 0 unspecified atom stereocenters. The number of carbonyl (C=O) groups excluding carboxylic acids is 1. The van der Waals surface area contributed by atoms with Crippen LogP contribution in [0.1, 0.15) is 50.1 Å². The van der Waals surface area contributed by atoms with Crippen molar-refractivity contribution in [3.63, 3.8) is 0 Å². The Hall–Kier alpha value is -1.59. The summed E-state index contributed by atoms with van der Waals surface area (Å²) in [7, 11) is 1.66. The van der Waals surface area contributed by atoms with Gasteiger partial charge in [0.2, 0.25) is 0 Å². The van der Waals surface area contributed by atoms with Gasteiger partial charge in [-0.2, -0.15) is 0 Å². The Morgan fingerprint density at radius 1 is 1.21 bits per heavy atom. The van der Waals surface area contributed by atoms with Crippen molar-refractivity contribution in [2.24, 2.45) is 0 Å². The number of hydrogen-bond donors (Lipinski definition) is 2. The van der Waals surface area contributed by atoms with E-state index in [0.717, 1.165) is 25.3 Å². The molecule has 5 nitrogen and oxygen atoms in total. The molecule has 5 heteroatoms. The predicted molar refractivity (Wildman–Crippen MR) is 93.0 cm³/mol. The molecule has 1 aromatic rings. The van der Waals surface area contributed by atoms with E-state index in [4.69, 9.17) is 4.74 Å². The summed E-state index contributed by atoms with van der Waals surface area (Å²) < 4.78 is 5.24. The molecule has 132 valence electrons. The van der Waals surface area contributed by atoms with E-state index in [9.17, 15) is 9.90 Å². The van der Waals surface area contributed by atoms with Crippen molar-refractivity contribution in [1.29, 1.82) is 0 Å². The van der Waals surface area contributed by atoms with Crippen LogP contribution in [0.15, 0.2) is 24.3 Å². The Morgan fingerprint density at radius 3 is 2.42 bits per heavy atom. The Kier molecular flexibility index (Phi) is 5.41. The first-order chi connectivity index (χ1) is 11.6. The smallest absolute Gasteiger partial charge is 0.252 e. The zero-order chi connectivity index (χ0) is 17.0. The Balaban J connectivity index is 1.70. The molecule has 0 aromatic heterocycles. The second-order valence-corrected chi connectivity index (χ2v) is 6.98. The molecule has 0 spiro atoms. The second kappa shape index (κ2) is 7.53. The molecule has 1 aliphatic heterocycles. The van der Waals surface area contributed by atoms with Crippen molar-refractivity contribution < 1.29 is 14.6 Å². The number of amides is 1. The summed E-state index contributed by atoms with van der Waals surface area (Å²) in [6.45, 7) is 2.64. The van der Waals surface area contributed by atoms with Crippen molar-refractivity contribution in [2.75, 3.05) is 26.7 Å². The fourth-order valence-electron chi connectivity index (χ4n) is 3.61. The van der Waals surface area contributed by atoms with E-state index in [2.05, 4.69) is 22.3 Å². The summed E-state index contributed by atoms with van der Waals surface area (Å²) in [5, 5.41) is 13.2. The van der Waals surface area contributed by atoms with Gasteiger partial charge in [0.05, 0.1) is 13.2 Å². The molecule has 0 bridgehead atoms. The highest BCUT2D eigenvalue weighted by Crippen LogP contribution is 2.32. The Bertz CT molecular complexity index is 548. The summed E-state index contributed by atoms with van der Waals surface area (Å²) in [5.74, 6) is 0.619. The van der Waals surface area contributed by atoms with Crippen molar-refractivity contribution in [3.05, 3.63) is 29.8 Å². The summed E-state index contributed by atoms with van der Waals surface area (Å²) in [6, 6.07) is 8.22. The van der Waals surface area contributed by atoms with Gasteiger partial charge in [-0.25, -0.2) is 0 Å². The number of benzene rings is 1. The number of piperidine rings is 1. The topological polar surface area (TPSA) is 61.8 Å². The molecule has 1 aromatic carbocycles. The fourth-order valence-corrected chi connectivity index (χ4v) is 3.61. The van der Waals surface area contributed by atoms with E-state index in [1.165, 1.54) is 24.8 Å². The van der Waals surface area contributed by atoms with Crippen LogP contribution in [0.3, 0.4) is 0 Å². The van der Waals surface area contributed by atoms with Gasteiger partial charge in [-0.05, 0) is 62.9 Å². The largest absolute Gasteiger partial charge is 0.497 e. The van der Waals surface area contributed by atoms with E-state index < -0.39 is 5.60 Å². The third-order valence-electron chi connectivity index (χ3n) is 5.39. The first-order valence-corrected chi connectivity index (χ1v) is 9.01. The highest BCUT2D eigenvalue weighted by molar-refractivity contribution is 5.85. The Labute approximate surface area is 144 Å². The molecule has 3 rings (SSSR count). The van der Waals surface area contributed by atoms with Crippen LogP contribution in [0.5, 0.6) is 5.75 Å². The average molecular weight is 332 g/mol. The van der Waals surface area contributed by atoms with E-state index in [1.54, 1.807) is 7.11 Å². The van der Waals surface area contributed by atoms with Crippen molar-refractivity contribution in [3.8, 4) is 5.75 Å². The molecule has 0 radical (unpaired) electrons. The van der Waals surface area contributed by atoms with E-state index in [-0.39, 0.29) is 11.9 Å². The second-order valence-electron chi connectivity index (χ2n) is 6.98. The number of ether oxygens (including phenoxy) is 1. The molecule has 1 atom stereocenters. The van der Waals surface area contributed by atoms with Gasteiger partial charge in [-0.1, -0.05) is 18.6 Å². The van der Waals surface area contributed by atoms with Gasteiger partial charge in [0.15, 0.2) is 0 Å². The normalized spacial score (nSPS) is 21.6. The maximum atomic E-state index is 12.3. The van der Waals surface area contributed by atoms with Crippen LogP contribution >= 0.6 is 0 Å². The lowest BCUT2D eigenvalue weighted by Gasteiger charge is -2.38. The predicted octanol–water partition coefficient (Wildman–Crippen LogP) is 2.25. The molecule has 1 saturated heterocycles. The molecular formula is C19H28N2O3. The van der Waals surface area contributed by atoms with Gasteiger partial charge >= 0.3 is 0 Å². The summed E-state index contributed by atoms with van der Waals surface area (Å²) in [4.78, 5) is 14.7. The van der Waals surface area contributed by atoms with Gasteiger partial charge in [-0.3, -0.25) is 9.69 Å². The minimum atomic E-state index is -1.13. The summed E-state index contributed by atoms with van der Waals surface area (Å²) in [6.07, 6.45) is 5.76. The number of nitrogens with zero attached hydrogens (tertiary/aromatic N) is 1. The molecular weight excluding hydrogens is 304 g/mol. The van der Waals surface area contributed by atoms with Crippen LogP contribution in [-0.2, 0) is 4.79 Å². The third-order valence-corrected chi connectivity index (χ3v) is 5.39. The molecule has 2 aliphatic rings. The molecule has 2 N–H and O–H groups in total. The maximum absolute atomic E-state index is 12.3. The monoisotopic (exact) mass is 332 g/mol. The standard InChI is InChI=1S/C19H28N2O3/c1-24-16-8-6-15(7-9-16)17(21-12-3-2-4-13-21)14-20-18(22)19(23)10-5-11-19/h6-9,17,23H,2-5,10-14H2,1H3,(H,20,22)/t17-/m1/s1. The van der Waals surface area contributed by atoms with Crippen molar-refractivity contribution >= 4 is 5.91 Å². The SMILES string of the molecule is COc1ccc([C@@H](CNC(=O)C2(O)CCC2)N2CCCCC2)cc1. The number of likely N-dealkylation sites (tertiary alicyclic amines) is 1. The van der Waals surface area contributed by atoms with Crippen molar-refractivity contribution in [2.45, 2.75) is 50.2 Å². The van der Waals surface area contributed by atoms with E-state index >= 15 is 0 Å². The van der Waals surface area contributed by atoms with E-state index in [1.807, 2.05) is 12.1 Å². The molecule has 1 aliphatic carbocycles. The average Bonchev–Trinajstić information content (AvgIpc) is 2.61. The number of nitrogens with one attached hydrogen (secondary N) is 1. The van der Waals surface area contributed by atoms with E-state index in [0.29, 0.717) is 19.4 Å². The van der Waals surface area contributed by atoms with Crippen LogP contribution in [0.2, 0.25) is 0 Å². The van der Waals surface area contributed by atoms with Crippen LogP contribution in [0.4, 0.5) is 0 Å². The fraction of sp³-hybridized carbons (Fsp3) is 0.632. The molecule has 1 heterocycles. The van der Waals surface area contributed by atoms with Crippen molar-refractivity contribution in [1.82, 2.24) is 10.2 Å². The minimum absolute atomic E-state index is 0.142. The number of rotatable bonds is 6.